The summed E-state index contributed by atoms with van der Waals surface area (Å²) in [7, 11) is 4.14. The lowest BCUT2D eigenvalue weighted by Crippen LogP contribution is -2.08. The van der Waals surface area contributed by atoms with Gasteiger partial charge in [-0.25, -0.2) is 0 Å². The van der Waals surface area contributed by atoms with Crippen molar-refractivity contribution in [2.75, 3.05) is 19.0 Å². The van der Waals surface area contributed by atoms with Gasteiger partial charge in [-0.2, -0.15) is 0 Å². The number of rotatable bonds is 5. The van der Waals surface area contributed by atoms with E-state index < -0.39 is 0 Å². The average molecular weight is 271 g/mol. The van der Waals surface area contributed by atoms with Crippen LogP contribution in [0.25, 0.3) is 0 Å². The second-order valence-corrected chi connectivity index (χ2v) is 6.25. The van der Waals surface area contributed by atoms with Crippen LogP contribution in [0.3, 0.4) is 0 Å². The van der Waals surface area contributed by atoms with Crippen molar-refractivity contribution in [3.05, 3.63) is 65.7 Å². The Morgan fingerprint density at radius 3 is 2.16 bits per heavy atom. The molecule has 0 aliphatic carbocycles. The van der Waals surface area contributed by atoms with E-state index in [9.17, 15) is 0 Å². The molecule has 2 aromatic rings. The fourth-order valence-electron chi connectivity index (χ4n) is 1.94. The number of benzene rings is 2. The van der Waals surface area contributed by atoms with E-state index in [1.54, 1.807) is 0 Å². The molecule has 0 N–H and O–H groups in total. The highest BCUT2D eigenvalue weighted by molar-refractivity contribution is 7.98. The first-order chi connectivity index (χ1) is 9.16. The minimum absolute atomic E-state index is 0.524. The first kappa shape index (κ1) is 14.0. The molecule has 1 nitrogen and oxygen atoms in total. The number of thioether (sulfide) groups is 1. The van der Waals surface area contributed by atoms with E-state index in [4.69, 9.17) is 0 Å². The molecule has 0 amide bonds. The third kappa shape index (κ3) is 4.03. The van der Waals surface area contributed by atoms with Gasteiger partial charge in [0.1, 0.15) is 0 Å². The van der Waals surface area contributed by atoms with E-state index in [1.165, 1.54) is 16.8 Å². The van der Waals surface area contributed by atoms with Crippen LogP contribution in [0.1, 0.15) is 23.3 Å². The largest absolute Gasteiger partial charge is 0.378 e. The van der Waals surface area contributed by atoms with Crippen LogP contribution in [0, 0.1) is 0 Å². The van der Waals surface area contributed by atoms with Gasteiger partial charge in [0.2, 0.25) is 0 Å². The summed E-state index contributed by atoms with van der Waals surface area (Å²) in [5.74, 6) is 1.07. The van der Waals surface area contributed by atoms with E-state index in [0.717, 1.165) is 5.75 Å². The Morgan fingerprint density at radius 2 is 1.58 bits per heavy atom. The van der Waals surface area contributed by atoms with Crippen LogP contribution in [-0.4, -0.2) is 14.1 Å². The maximum atomic E-state index is 2.28. The van der Waals surface area contributed by atoms with Crippen molar-refractivity contribution in [1.29, 1.82) is 0 Å². The van der Waals surface area contributed by atoms with Crippen molar-refractivity contribution in [3.8, 4) is 0 Å². The van der Waals surface area contributed by atoms with Crippen molar-refractivity contribution in [2.45, 2.75) is 17.9 Å². The van der Waals surface area contributed by atoms with Crippen LogP contribution in [0.2, 0.25) is 0 Å². The summed E-state index contributed by atoms with van der Waals surface area (Å²) in [5.41, 5.74) is 4.04. The van der Waals surface area contributed by atoms with Crippen LogP contribution < -0.4 is 4.90 Å². The highest BCUT2D eigenvalue weighted by atomic mass is 32.2. The average Bonchev–Trinajstić information content (AvgIpc) is 2.46. The molecule has 0 aliphatic rings. The minimum Gasteiger partial charge on any atom is -0.378 e. The standard InChI is InChI=1S/C17H21NS/c1-14(19-13-15-7-5-4-6-8-15)16-9-11-17(12-10-16)18(2)3/h4-12,14H,13H2,1-3H3. The first-order valence-corrected chi connectivity index (χ1v) is 7.64. The molecular weight excluding hydrogens is 250 g/mol. The molecule has 0 bridgehead atoms. The Kier molecular flexibility index (Phi) is 4.92. The van der Waals surface area contributed by atoms with Gasteiger partial charge in [0.15, 0.2) is 0 Å². The molecule has 0 aliphatic heterocycles. The highest BCUT2D eigenvalue weighted by Gasteiger charge is 2.06. The first-order valence-electron chi connectivity index (χ1n) is 6.59. The van der Waals surface area contributed by atoms with Gasteiger partial charge in [0.05, 0.1) is 0 Å². The molecule has 0 saturated heterocycles. The smallest absolute Gasteiger partial charge is 0.0361 e. The summed E-state index contributed by atoms with van der Waals surface area (Å²) < 4.78 is 0. The molecule has 2 aromatic carbocycles. The molecule has 100 valence electrons. The van der Waals surface area contributed by atoms with Gasteiger partial charge in [0, 0.05) is 30.8 Å². The van der Waals surface area contributed by atoms with Crippen LogP contribution in [0.5, 0.6) is 0 Å². The predicted molar refractivity (Wildman–Crippen MR) is 86.9 cm³/mol. The second-order valence-electron chi connectivity index (χ2n) is 4.92. The van der Waals surface area contributed by atoms with E-state index in [1.807, 2.05) is 11.8 Å². The Labute approximate surface area is 120 Å². The third-order valence-electron chi connectivity index (χ3n) is 3.22. The van der Waals surface area contributed by atoms with E-state index in [0.29, 0.717) is 5.25 Å². The van der Waals surface area contributed by atoms with Crippen molar-refractivity contribution < 1.29 is 0 Å². The molecule has 0 aromatic heterocycles. The lowest BCUT2D eigenvalue weighted by molar-refractivity contribution is 1.08. The van der Waals surface area contributed by atoms with Gasteiger partial charge in [-0.1, -0.05) is 42.5 Å². The minimum atomic E-state index is 0.524. The molecule has 1 atom stereocenters. The molecule has 0 spiro atoms. The SMILES string of the molecule is CC(SCc1ccccc1)c1ccc(N(C)C)cc1. The molecule has 0 saturated carbocycles. The Balaban J connectivity index is 1.94. The van der Waals surface area contributed by atoms with Gasteiger partial charge in [-0.15, -0.1) is 11.8 Å². The topological polar surface area (TPSA) is 3.24 Å². The van der Waals surface area contributed by atoms with Crippen LogP contribution >= 0.6 is 11.8 Å². The van der Waals surface area contributed by atoms with Crippen molar-refractivity contribution in [1.82, 2.24) is 0 Å². The predicted octanol–water partition coefficient (Wildman–Crippen LogP) is 4.75. The molecule has 0 heterocycles. The summed E-state index contributed by atoms with van der Waals surface area (Å²) in [6.45, 7) is 2.28. The molecule has 19 heavy (non-hydrogen) atoms. The molecule has 0 fully saturated rings. The van der Waals surface area contributed by atoms with Gasteiger partial charge < -0.3 is 4.90 Å². The van der Waals surface area contributed by atoms with Gasteiger partial charge in [0.25, 0.3) is 0 Å². The number of hydrogen-bond donors (Lipinski definition) is 0. The Hall–Kier alpha value is -1.41. The summed E-state index contributed by atoms with van der Waals surface area (Å²) >= 11 is 1.98. The van der Waals surface area contributed by atoms with Crippen molar-refractivity contribution >= 4 is 17.4 Å². The zero-order valence-electron chi connectivity index (χ0n) is 11.8. The molecule has 2 heteroatoms. The normalized spacial score (nSPS) is 12.2. The maximum absolute atomic E-state index is 2.28. The molecule has 1 unspecified atom stereocenters. The van der Waals surface area contributed by atoms with E-state index in [2.05, 4.69) is 80.5 Å². The number of hydrogen-bond acceptors (Lipinski definition) is 2. The Bertz CT molecular complexity index is 490. The number of anilines is 1. The molecular formula is C17H21NS. The fourth-order valence-corrected chi connectivity index (χ4v) is 2.92. The number of nitrogens with zero attached hydrogens (tertiary/aromatic N) is 1. The van der Waals surface area contributed by atoms with Crippen LogP contribution in [-0.2, 0) is 5.75 Å². The van der Waals surface area contributed by atoms with Crippen molar-refractivity contribution in [2.24, 2.45) is 0 Å². The lowest BCUT2D eigenvalue weighted by atomic mass is 10.1. The van der Waals surface area contributed by atoms with Gasteiger partial charge in [-0.3, -0.25) is 0 Å². The second kappa shape index (κ2) is 6.67. The van der Waals surface area contributed by atoms with E-state index in [-0.39, 0.29) is 0 Å². The van der Waals surface area contributed by atoms with Crippen LogP contribution in [0.4, 0.5) is 5.69 Å². The lowest BCUT2D eigenvalue weighted by Gasteiger charge is -2.15. The molecule has 0 radical (unpaired) electrons. The zero-order valence-corrected chi connectivity index (χ0v) is 12.7. The highest BCUT2D eigenvalue weighted by Crippen LogP contribution is 2.31. The van der Waals surface area contributed by atoms with Gasteiger partial charge >= 0.3 is 0 Å². The van der Waals surface area contributed by atoms with Crippen LogP contribution in [0.15, 0.2) is 54.6 Å². The zero-order chi connectivity index (χ0) is 13.7. The summed E-state index contributed by atoms with van der Waals surface area (Å²) in [5, 5.41) is 0.524. The fraction of sp³-hybridized carbons (Fsp3) is 0.294. The Morgan fingerprint density at radius 1 is 0.947 bits per heavy atom. The monoisotopic (exact) mass is 271 g/mol. The van der Waals surface area contributed by atoms with E-state index >= 15 is 0 Å². The maximum Gasteiger partial charge on any atom is 0.0361 e. The van der Waals surface area contributed by atoms with Crippen molar-refractivity contribution in [3.63, 3.8) is 0 Å². The molecule has 2 rings (SSSR count). The third-order valence-corrected chi connectivity index (χ3v) is 4.49. The quantitative estimate of drug-likeness (QED) is 0.772. The summed E-state index contributed by atoms with van der Waals surface area (Å²) in [4.78, 5) is 2.13. The van der Waals surface area contributed by atoms with Gasteiger partial charge in [-0.05, 0) is 30.2 Å². The summed E-state index contributed by atoms with van der Waals surface area (Å²) in [6.07, 6.45) is 0. The summed E-state index contributed by atoms with van der Waals surface area (Å²) in [6, 6.07) is 19.5.